The highest BCUT2D eigenvalue weighted by Gasteiger charge is 2.28. The van der Waals surface area contributed by atoms with Crippen molar-refractivity contribution in [2.45, 2.75) is 20.8 Å². The third kappa shape index (κ3) is 5.77. The Morgan fingerprint density at radius 3 is 1.51 bits per heavy atom. The van der Waals surface area contributed by atoms with E-state index in [1.165, 1.54) is 59.8 Å². The van der Waals surface area contributed by atoms with Gasteiger partial charge in [-0.25, -0.2) is 4.98 Å². The molecule has 280 valence electrons. The van der Waals surface area contributed by atoms with Crippen LogP contribution in [-0.2, 0) is 0 Å². The first-order chi connectivity index (χ1) is 29.0. The molecule has 59 heavy (non-hydrogen) atoms. The van der Waals surface area contributed by atoms with Crippen molar-refractivity contribution in [3.8, 4) is 0 Å². The fraction of sp³-hybridized carbons (Fsp3) is 0.0536. The maximum absolute atomic E-state index is 5.24. The molecule has 0 fully saturated rings. The monoisotopic (exact) mass is 755 g/mol. The van der Waals surface area contributed by atoms with Crippen LogP contribution < -0.4 is 9.80 Å². The average molecular weight is 756 g/mol. The molecule has 3 heteroatoms. The molecule has 0 atom stereocenters. The molecule has 0 aliphatic carbocycles. The summed E-state index contributed by atoms with van der Waals surface area (Å²) in [6.07, 6.45) is 1.95. The minimum Gasteiger partial charge on any atom is -0.309 e. The van der Waals surface area contributed by atoms with Crippen molar-refractivity contribution in [3.63, 3.8) is 0 Å². The summed E-state index contributed by atoms with van der Waals surface area (Å²) in [5, 5.41) is 14.1. The van der Waals surface area contributed by atoms with Gasteiger partial charge in [-0.2, -0.15) is 0 Å². The van der Waals surface area contributed by atoms with Crippen LogP contribution in [0.25, 0.3) is 64.6 Å². The molecule has 11 aromatic rings. The maximum atomic E-state index is 5.24. The maximum Gasteiger partial charge on any atom is 0.145 e. The topological polar surface area (TPSA) is 19.4 Å². The van der Waals surface area contributed by atoms with E-state index in [-0.39, 0.29) is 0 Å². The summed E-state index contributed by atoms with van der Waals surface area (Å²) < 4.78 is 0. The van der Waals surface area contributed by atoms with E-state index < -0.39 is 0 Å². The average Bonchev–Trinajstić information content (AvgIpc) is 3.28. The first-order valence-electron chi connectivity index (χ1n) is 20.4. The molecule has 11 rings (SSSR count). The molecule has 3 nitrogen and oxygen atoms in total. The van der Waals surface area contributed by atoms with Crippen molar-refractivity contribution in [1.29, 1.82) is 0 Å². The first kappa shape index (κ1) is 34.7. The van der Waals surface area contributed by atoms with Gasteiger partial charge >= 0.3 is 0 Å². The van der Waals surface area contributed by atoms with Crippen LogP contribution >= 0.6 is 0 Å². The molecule has 0 N–H and O–H groups in total. The highest BCUT2D eigenvalue weighted by atomic mass is 15.2. The van der Waals surface area contributed by atoms with Crippen LogP contribution in [0.1, 0.15) is 16.7 Å². The highest BCUT2D eigenvalue weighted by Crippen LogP contribution is 2.53. The summed E-state index contributed by atoms with van der Waals surface area (Å²) in [6, 6.07) is 68.9. The third-order valence-corrected chi connectivity index (χ3v) is 12.1. The van der Waals surface area contributed by atoms with Crippen LogP contribution in [0.3, 0.4) is 0 Å². The van der Waals surface area contributed by atoms with E-state index in [1.54, 1.807) is 0 Å². The van der Waals surface area contributed by atoms with Crippen molar-refractivity contribution in [1.82, 2.24) is 4.98 Å². The Morgan fingerprint density at radius 1 is 0.339 bits per heavy atom. The van der Waals surface area contributed by atoms with E-state index in [4.69, 9.17) is 4.98 Å². The van der Waals surface area contributed by atoms with E-state index in [0.717, 1.165) is 55.8 Å². The lowest BCUT2D eigenvalue weighted by Gasteiger charge is -2.34. The van der Waals surface area contributed by atoms with Gasteiger partial charge in [-0.15, -0.1) is 0 Å². The largest absolute Gasteiger partial charge is 0.309 e. The molecular weight excluding hydrogens is 715 g/mol. The lowest BCUT2D eigenvalue weighted by Crippen LogP contribution is -2.16. The Balaban J connectivity index is 1.32. The Hall–Kier alpha value is -7.49. The fourth-order valence-electron chi connectivity index (χ4n) is 9.10. The number of anilines is 6. The molecule has 0 saturated carbocycles. The minimum absolute atomic E-state index is 0.896. The summed E-state index contributed by atoms with van der Waals surface area (Å²) in [7, 11) is 0. The highest BCUT2D eigenvalue weighted by molar-refractivity contribution is 6.25. The predicted molar refractivity (Wildman–Crippen MR) is 253 cm³/mol. The summed E-state index contributed by atoms with van der Waals surface area (Å²) in [5.74, 6) is 0.896. The Kier molecular flexibility index (Phi) is 8.16. The van der Waals surface area contributed by atoms with Crippen molar-refractivity contribution >= 4 is 98.9 Å². The normalized spacial score (nSPS) is 11.6. The van der Waals surface area contributed by atoms with Gasteiger partial charge in [-0.05, 0) is 119 Å². The van der Waals surface area contributed by atoms with Crippen LogP contribution in [0.4, 0.5) is 34.3 Å². The minimum atomic E-state index is 0.896. The van der Waals surface area contributed by atoms with Gasteiger partial charge in [0.25, 0.3) is 0 Å². The molecule has 1 aromatic heterocycles. The summed E-state index contributed by atoms with van der Waals surface area (Å²) in [4.78, 5) is 10.2. The van der Waals surface area contributed by atoms with Crippen LogP contribution in [0.15, 0.2) is 194 Å². The number of nitrogens with zero attached hydrogens (tertiary/aromatic N) is 3. The lowest BCUT2D eigenvalue weighted by molar-refractivity contribution is 1.21. The van der Waals surface area contributed by atoms with E-state index >= 15 is 0 Å². The molecule has 0 amide bonds. The number of hydrogen-bond acceptors (Lipinski definition) is 3. The van der Waals surface area contributed by atoms with Crippen molar-refractivity contribution in [3.05, 3.63) is 211 Å². The number of pyridine rings is 1. The van der Waals surface area contributed by atoms with Gasteiger partial charge in [-0.1, -0.05) is 139 Å². The Bertz CT molecular complexity index is 3440. The molecule has 0 unspecified atom stereocenters. The number of hydrogen-bond donors (Lipinski definition) is 0. The molecule has 0 bridgehead atoms. The lowest BCUT2D eigenvalue weighted by atomic mass is 9.91. The van der Waals surface area contributed by atoms with Crippen LogP contribution in [0.5, 0.6) is 0 Å². The van der Waals surface area contributed by atoms with Gasteiger partial charge in [-0.3, -0.25) is 4.90 Å². The molecule has 0 spiro atoms. The number of fused-ring (bicyclic) bond motifs is 6. The molecule has 0 radical (unpaired) electrons. The van der Waals surface area contributed by atoms with E-state index in [1.807, 2.05) is 6.20 Å². The molecule has 0 saturated heterocycles. The smallest absolute Gasteiger partial charge is 0.145 e. The summed E-state index contributed by atoms with van der Waals surface area (Å²) in [6.45, 7) is 6.68. The van der Waals surface area contributed by atoms with Crippen LogP contribution in [0.2, 0.25) is 0 Å². The van der Waals surface area contributed by atoms with E-state index in [9.17, 15) is 0 Å². The second-order valence-corrected chi connectivity index (χ2v) is 15.8. The second kappa shape index (κ2) is 13.9. The van der Waals surface area contributed by atoms with Crippen molar-refractivity contribution < 1.29 is 0 Å². The zero-order chi connectivity index (χ0) is 39.6. The fourth-order valence-corrected chi connectivity index (χ4v) is 9.10. The predicted octanol–water partition coefficient (Wildman–Crippen LogP) is 15.9. The van der Waals surface area contributed by atoms with Crippen LogP contribution in [-0.4, -0.2) is 4.98 Å². The molecule has 0 aliphatic rings. The van der Waals surface area contributed by atoms with E-state index in [0.29, 0.717) is 0 Å². The Labute approximate surface area is 344 Å². The molecule has 10 aromatic carbocycles. The van der Waals surface area contributed by atoms with Gasteiger partial charge in [0.15, 0.2) is 0 Å². The summed E-state index contributed by atoms with van der Waals surface area (Å²) in [5.41, 5.74) is 9.25. The third-order valence-electron chi connectivity index (χ3n) is 12.1. The first-order valence-corrected chi connectivity index (χ1v) is 20.4. The summed E-state index contributed by atoms with van der Waals surface area (Å²) >= 11 is 0. The van der Waals surface area contributed by atoms with Gasteiger partial charge in [0.05, 0.1) is 17.1 Å². The van der Waals surface area contributed by atoms with Crippen molar-refractivity contribution in [2.75, 3.05) is 9.80 Å². The molecular formula is C56H41N3. The number of benzene rings is 10. The Morgan fingerprint density at radius 2 is 0.847 bits per heavy atom. The zero-order valence-corrected chi connectivity index (χ0v) is 33.3. The van der Waals surface area contributed by atoms with Gasteiger partial charge in [0.2, 0.25) is 0 Å². The van der Waals surface area contributed by atoms with Gasteiger partial charge in [0.1, 0.15) is 5.82 Å². The number of aromatic nitrogens is 1. The second-order valence-electron chi connectivity index (χ2n) is 15.8. The molecule has 0 aliphatic heterocycles. The van der Waals surface area contributed by atoms with Gasteiger partial charge in [0, 0.05) is 49.9 Å². The van der Waals surface area contributed by atoms with E-state index in [2.05, 4.69) is 219 Å². The van der Waals surface area contributed by atoms with Crippen LogP contribution in [0, 0.1) is 20.8 Å². The number of rotatable bonds is 6. The standard InChI is InChI=1S/C56H41N3/c1-36-23-28-49-50(31-36)55(58(45-26-24-39-13-4-6-17-43(39)34-45)53-22-12-19-41-15-8-10-20-47(41)53)52-33-38(3)37(2)32-51(52)54(49)59(46-27-25-40-14-5-7-18-44(40)35-46)56-48-21-11-9-16-42(48)29-30-57-56/h4-35H,1-3H3. The zero-order valence-electron chi connectivity index (χ0n) is 33.3. The van der Waals surface area contributed by atoms with Crippen molar-refractivity contribution in [2.24, 2.45) is 0 Å². The molecule has 1 heterocycles. The number of aryl methyl sites for hydroxylation is 3. The SMILES string of the molecule is Cc1ccc2c(N(c3ccc4ccccc4c3)c3nccc4ccccc34)c3cc(C)c(C)cc3c(N(c3ccc4ccccc4c3)c3cccc4ccccc34)c2c1. The quantitative estimate of drug-likeness (QED) is 0.124. The van der Waals surface area contributed by atoms with Gasteiger partial charge < -0.3 is 4.90 Å².